The highest BCUT2D eigenvalue weighted by molar-refractivity contribution is 9.10. The van der Waals surface area contributed by atoms with Crippen molar-refractivity contribution in [1.82, 2.24) is 9.29 Å². The Hall–Kier alpha value is -0.700. The molecule has 0 aromatic carbocycles. The molecule has 0 atom stereocenters. The predicted molar refractivity (Wildman–Crippen MR) is 84.2 cm³/mol. The van der Waals surface area contributed by atoms with E-state index in [0.717, 1.165) is 32.1 Å². The van der Waals surface area contributed by atoms with Gasteiger partial charge in [0.1, 0.15) is 10.7 Å². The Labute approximate surface area is 133 Å². The van der Waals surface area contributed by atoms with Crippen LogP contribution in [-0.2, 0) is 10.0 Å². The number of rotatable bonds is 5. The highest BCUT2D eigenvalue weighted by atomic mass is 79.9. The Bertz CT molecular complexity index is 588. The molecule has 0 spiro atoms. The minimum atomic E-state index is -3.76. The molecule has 1 saturated carbocycles. The molecule has 6 nitrogen and oxygen atoms in total. The number of hydrogen-bond donors (Lipinski definition) is 2. The molecule has 0 radical (unpaired) electrons. The van der Waals surface area contributed by atoms with Gasteiger partial charge in [0.05, 0.1) is 6.61 Å². The first kappa shape index (κ1) is 16.7. The molecule has 1 aliphatic rings. The van der Waals surface area contributed by atoms with Gasteiger partial charge in [-0.15, -0.1) is 0 Å². The van der Waals surface area contributed by atoms with Gasteiger partial charge in [-0.3, -0.25) is 0 Å². The van der Waals surface area contributed by atoms with Crippen molar-refractivity contribution in [2.75, 3.05) is 18.9 Å². The van der Waals surface area contributed by atoms with Crippen LogP contribution in [0.1, 0.15) is 32.1 Å². The molecule has 118 valence electrons. The molecule has 1 fully saturated rings. The standard InChI is InChI=1S/C13H20BrN3O3S/c14-10-8-12(13(15)16-9-10)21(19,20)17(6-7-18)11-4-2-1-3-5-11/h8-9,11,18H,1-7H2,(H2,15,16). The van der Waals surface area contributed by atoms with Gasteiger partial charge in [0, 0.05) is 23.3 Å². The largest absolute Gasteiger partial charge is 0.395 e. The lowest BCUT2D eigenvalue weighted by Gasteiger charge is -2.33. The van der Waals surface area contributed by atoms with Gasteiger partial charge in [-0.2, -0.15) is 4.31 Å². The lowest BCUT2D eigenvalue weighted by atomic mass is 9.95. The normalized spacial score (nSPS) is 17.3. The van der Waals surface area contributed by atoms with Crippen LogP contribution in [0.15, 0.2) is 21.6 Å². The van der Waals surface area contributed by atoms with Crippen LogP contribution < -0.4 is 5.73 Å². The topological polar surface area (TPSA) is 96.5 Å². The molecule has 0 aliphatic heterocycles. The van der Waals surface area contributed by atoms with Gasteiger partial charge in [0.15, 0.2) is 0 Å². The summed E-state index contributed by atoms with van der Waals surface area (Å²) in [6, 6.07) is 1.39. The van der Waals surface area contributed by atoms with Crippen LogP contribution in [0.2, 0.25) is 0 Å². The number of aromatic nitrogens is 1. The third-order valence-corrected chi connectivity index (χ3v) is 6.15. The zero-order valence-corrected chi connectivity index (χ0v) is 14.1. The Kier molecular flexibility index (Phi) is 5.59. The van der Waals surface area contributed by atoms with Gasteiger partial charge in [-0.1, -0.05) is 19.3 Å². The Balaban J connectivity index is 2.39. The van der Waals surface area contributed by atoms with Crippen LogP contribution >= 0.6 is 15.9 Å². The fraction of sp³-hybridized carbons (Fsp3) is 0.615. The minimum Gasteiger partial charge on any atom is -0.395 e. The number of pyridine rings is 1. The summed E-state index contributed by atoms with van der Waals surface area (Å²) in [6.07, 6.45) is 6.25. The second-order valence-electron chi connectivity index (χ2n) is 5.17. The first-order valence-electron chi connectivity index (χ1n) is 7.00. The number of nitrogens with two attached hydrogens (primary N) is 1. The molecule has 3 N–H and O–H groups in total. The molecule has 1 aliphatic carbocycles. The Morgan fingerprint density at radius 1 is 1.38 bits per heavy atom. The van der Waals surface area contributed by atoms with Crippen molar-refractivity contribution in [3.63, 3.8) is 0 Å². The van der Waals surface area contributed by atoms with Crippen LogP contribution in [0.4, 0.5) is 5.82 Å². The Morgan fingerprint density at radius 3 is 2.67 bits per heavy atom. The van der Waals surface area contributed by atoms with Gasteiger partial charge in [-0.05, 0) is 34.8 Å². The van der Waals surface area contributed by atoms with E-state index < -0.39 is 10.0 Å². The molecule has 0 bridgehead atoms. The van der Waals surface area contributed by atoms with Crippen LogP contribution in [0.25, 0.3) is 0 Å². The summed E-state index contributed by atoms with van der Waals surface area (Å²) in [4.78, 5) is 3.89. The molecular formula is C13H20BrN3O3S. The number of anilines is 1. The van der Waals surface area contributed by atoms with E-state index in [4.69, 9.17) is 5.73 Å². The Morgan fingerprint density at radius 2 is 2.05 bits per heavy atom. The number of nitrogen functional groups attached to an aromatic ring is 1. The summed E-state index contributed by atoms with van der Waals surface area (Å²) < 4.78 is 27.7. The molecule has 1 aromatic rings. The summed E-state index contributed by atoms with van der Waals surface area (Å²) in [7, 11) is -3.76. The minimum absolute atomic E-state index is 0.00380. The van der Waals surface area contributed by atoms with E-state index in [-0.39, 0.29) is 29.9 Å². The second-order valence-corrected chi connectivity index (χ2v) is 7.94. The van der Waals surface area contributed by atoms with E-state index in [1.165, 1.54) is 16.6 Å². The summed E-state index contributed by atoms with van der Waals surface area (Å²) in [5.41, 5.74) is 5.74. The SMILES string of the molecule is Nc1ncc(Br)cc1S(=O)(=O)N(CCO)C1CCCCC1. The van der Waals surface area contributed by atoms with Gasteiger partial charge in [0.25, 0.3) is 0 Å². The molecule has 0 saturated heterocycles. The van der Waals surface area contributed by atoms with Crippen LogP contribution in [0.3, 0.4) is 0 Å². The number of halogens is 1. The molecule has 0 unspecified atom stereocenters. The predicted octanol–water partition coefficient (Wildman–Crippen LogP) is 1.74. The second kappa shape index (κ2) is 7.04. The van der Waals surface area contributed by atoms with E-state index in [1.807, 2.05) is 0 Å². The van der Waals surface area contributed by atoms with Crippen LogP contribution in [0, 0.1) is 0 Å². The zero-order chi connectivity index (χ0) is 15.5. The number of nitrogens with zero attached hydrogens (tertiary/aromatic N) is 2. The van der Waals surface area contributed by atoms with Crippen molar-refractivity contribution in [2.45, 2.75) is 43.0 Å². The maximum absolute atomic E-state index is 12.9. The van der Waals surface area contributed by atoms with Crippen molar-refractivity contribution in [3.8, 4) is 0 Å². The zero-order valence-electron chi connectivity index (χ0n) is 11.7. The van der Waals surface area contributed by atoms with E-state index in [2.05, 4.69) is 20.9 Å². The van der Waals surface area contributed by atoms with E-state index in [1.54, 1.807) is 0 Å². The monoisotopic (exact) mass is 377 g/mol. The molecule has 0 amide bonds. The average molecular weight is 378 g/mol. The summed E-state index contributed by atoms with van der Waals surface area (Å²) in [5, 5.41) is 9.24. The molecular weight excluding hydrogens is 358 g/mol. The maximum atomic E-state index is 12.9. The number of hydrogen-bond acceptors (Lipinski definition) is 5. The molecule has 1 heterocycles. The third kappa shape index (κ3) is 3.74. The maximum Gasteiger partial charge on any atom is 0.247 e. The van der Waals surface area contributed by atoms with E-state index in [0.29, 0.717) is 4.47 Å². The molecule has 2 rings (SSSR count). The van der Waals surface area contributed by atoms with E-state index >= 15 is 0 Å². The van der Waals surface area contributed by atoms with E-state index in [9.17, 15) is 13.5 Å². The molecule has 1 aromatic heterocycles. The van der Waals surface area contributed by atoms with Crippen molar-refractivity contribution in [3.05, 3.63) is 16.7 Å². The van der Waals surface area contributed by atoms with Gasteiger partial charge >= 0.3 is 0 Å². The van der Waals surface area contributed by atoms with Crippen molar-refractivity contribution >= 4 is 31.8 Å². The number of aliphatic hydroxyl groups excluding tert-OH is 1. The smallest absolute Gasteiger partial charge is 0.247 e. The van der Waals surface area contributed by atoms with Gasteiger partial charge < -0.3 is 10.8 Å². The summed E-state index contributed by atoms with van der Waals surface area (Å²) in [5.74, 6) is -0.0167. The number of aliphatic hydroxyl groups is 1. The third-order valence-electron chi connectivity index (χ3n) is 3.74. The van der Waals surface area contributed by atoms with Crippen molar-refractivity contribution in [2.24, 2.45) is 0 Å². The molecule has 21 heavy (non-hydrogen) atoms. The molecule has 8 heteroatoms. The summed E-state index contributed by atoms with van der Waals surface area (Å²) in [6.45, 7) is -0.129. The highest BCUT2D eigenvalue weighted by Crippen LogP contribution is 2.30. The van der Waals surface area contributed by atoms with Gasteiger partial charge in [0.2, 0.25) is 10.0 Å². The highest BCUT2D eigenvalue weighted by Gasteiger charge is 2.33. The fourth-order valence-electron chi connectivity index (χ4n) is 2.73. The van der Waals surface area contributed by atoms with Crippen LogP contribution in [0.5, 0.6) is 0 Å². The lowest BCUT2D eigenvalue weighted by molar-refractivity contribution is 0.199. The van der Waals surface area contributed by atoms with Crippen LogP contribution in [-0.4, -0.2) is 42.0 Å². The first-order chi connectivity index (χ1) is 9.96. The number of sulfonamides is 1. The quantitative estimate of drug-likeness (QED) is 0.814. The first-order valence-corrected chi connectivity index (χ1v) is 9.24. The fourth-order valence-corrected chi connectivity index (χ4v) is 4.98. The van der Waals surface area contributed by atoms with Gasteiger partial charge in [-0.25, -0.2) is 13.4 Å². The van der Waals surface area contributed by atoms with Crippen molar-refractivity contribution < 1.29 is 13.5 Å². The lowest BCUT2D eigenvalue weighted by Crippen LogP contribution is -2.43. The average Bonchev–Trinajstić information content (AvgIpc) is 2.48. The summed E-state index contributed by atoms with van der Waals surface area (Å²) >= 11 is 3.22. The van der Waals surface area contributed by atoms with Crippen molar-refractivity contribution in [1.29, 1.82) is 0 Å².